The Morgan fingerprint density at radius 2 is 1.73 bits per heavy atom. The molecule has 11 heteroatoms. The Morgan fingerprint density at radius 3 is 2.18 bits per heavy atom. The molecule has 124 valence electrons. The Bertz CT molecular complexity index is 597. The summed E-state index contributed by atoms with van der Waals surface area (Å²) in [6.45, 7) is 0.825. The minimum atomic E-state index is -5.90. The molecule has 0 fully saturated rings. The van der Waals surface area contributed by atoms with Gasteiger partial charge in [-0.15, -0.1) is 0 Å². The van der Waals surface area contributed by atoms with E-state index in [-0.39, 0.29) is 6.07 Å². The summed E-state index contributed by atoms with van der Waals surface area (Å²) in [7, 11) is 0. The molecule has 0 atom stereocenters. The first-order valence-corrected chi connectivity index (χ1v) is 8.26. The molecule has 1 heterocycles. The first-order chi connectivity index (χ1) is 9.90. The number of halogens is 8. The zero-order chi connectivity index (χ0) is 16.9. The van der Waals surface area contributed by atoms with E-state index in [1.807, 2.05) is 0 Å². The predicted molar refractivity (Wildman–Crippen MR) is 65.8 cm³/mol. The molecular formula is C11H6F7IO3. The average molecular weight is 446 g/mol. The van der Waals surface area contributed by atoms with E-state index in [0.717, 1.165) is 13.0 Å². The first kappa shape index (κ1) is 17.2. The predicted octanol–water partition coefficient (Wildman–Crippen LogP) is 4.24. The summed E-state index contributed by atoms with van der Waals surface area (Å²) in [5.74, 6) is -2.37. The van der Waals surface area contributed by atoms with Gasteiger partial charge >= 0.3 is 126 Å². The number of rotatable bonds is 1. The topological polar surface area (TPSA) is 35.5 Å². The van der Waals surface area contributed by atoms with E-state index in [1.165, 1.54) is 0 Å². The molecular weight excluding hydrogens is 440 g/mol. The van der Waals surface area contributed by atoms with Gasteiger partial charge in [0.1, 0.15) is 0 Å². The molecule has 0 saturated carbocycles. The van der Waals surface area contributed by atoms with Crippen molar-refractivity contribution in [3.8, 4) is 0 Å². The fourth-order valence-electron chi connectivity index (χ4n) is 1.80. The molecule has 0 spiro atoms. The van der Waals surface area contributed by atoms with Crippen molar-refractivity contribution < 1.29 is 41.7 Å². The fourth-order valence-corrected chi connectivity index (χ4v) is 5.75. The minimum absolute atomic E-state index is 0.108. The van der Waals surface area contributed by atoms with E-state index in [2.05, 4.69) is 6.13 Å². The number of fused-ring (bicyclic) bond motifs is 1. The van der Waals surface area contributed by atoms with Gasteiger partial charge in [-0.05, 0) is 0 Å². The molecule has 0 bridgehead atoms. The molecule has 3 nitrogen and oxygen atoms in total. The summed E-state index contributed by atoms with van der Waals surface area (Å²) in [5, 5.41) is 0. The molecule has 0 aliphatic carbocycles. The second-order valence-electron chi connectivity index (χ2n) is 4.16. The van der Waals surface area contributed by atoms with Crippen LogP contribution in [0, 0.1) is 9.39 Å². The number of benzene rings is 1. The number of alkyl halides is 6. The molecule has 1 aromatic carbocycles. The zero-order valence-corrected chi connectivity index (χ0v) is 12.6. The fraction of sp³-hybridized carbons (Fsp3) is 0.364. The van der Waals surface area contributed by atoms with Crippen LogP contribution in [0.2, 0.25) is 0 Å². The number of carbonyl (C=O) groups is 1. The van der Waals surface area contributed by atoms with E-state index in [9.17, 15) is 35.5 Å². The van der Waals surface area contributed by atoms with Gasteiger partial charge in [-0.2, -0.15) is 0 Å². The second-order valence-corrected chi connectivity index (χ2v) is 7.45. The van der Waals surface area contributed by atoms with Crippen LogP contribution in [0.3, 0.4) is 0 Å². The third-order valence-electron chi connectivity index (χ3n) is 2.64. The van der Waals surface area contributed by atoms with Crippen LogP contribution in [0.4, 0.5) is 30.7 Å². The van der Waals surface area contributed by atoms with Crippen molar-refractivity contribution in [2.75, 3.05) is 0 Å². The van der Waals surface area contributed by atoms with Gasteiger partial charge in [0.15, 0.2) is 0 Å². The molecule has 1 aromatic rings. The SMILES string of the molecule is CC(=O)OI1OC(C(F)(F)F)(C(F)(F)F)c2cc(F)ccc21. The van der Waals surface area contributed by atoms with Crippen molar-refractivity contribution in [3.05, 3.63) is 33.1 Å². The van der Waals surface area contributed by atoms with Gasteiger partial charge in [0.05, 0.1) is 0 Å². The van der Waals surface area contributed by atoms with Crippen molar-refractivity contribution in [1.29, 1.82) is 0 Å². The van der Waals surface area contributed by atoms with Crippen LogP contribution in [0.15, 0.2) is 18.2 Å². The van der Waals surface area contributed by atoms with Crippen LogP contribution in [0.5, 0.6) is 0 Å². The van der Waals surface area contributed by atoms with E-state index >= 15 is 0 Å². The third-order valence-corrected chi connectivity index (χ3v) is 6.61. The monoisotopic (exact) mass is 446 g/mol. The van der Waals surface area contributed by atoms with Gasteiger partial charge in [0, 0.05) is 0 Å². The Hall–Kier alpha value is -1.11. The van der Waals surface area contributed by atoms with Gasteiger partial charge < -0.3 is 0 Å². The van der Waals surface area contributed by atoms with Crippen molar-refractivity contribution in [2.45, 2.75) is 24.9 Å². The van der Waals surface area contributed by atoms with Gasteiger partial charge in [-0.25, -0.2) is 0 Å². The Kier molecular flexibility index (Phi) is 4.09. The molecule has 0 radical (unpaired) electrons. The van der Waals surface area contributed by atoms with Gasteiger partial charge in [0.25, 0.3) is 0 Å². The number of hydrogen-bond donors (Lipinski definition) is 0. The maximum absolute atomic E-state index is 13.2. The summed E-state index contributed by atoms with van der Waals surface area (Å²) in [5.41, 5.74) is -6.11. The summed E-state index contributed by atoms with van der Waals surface area (Å²) in [4.78, 5) is 10.9. The molecule has 1 aliphatic rings. The number of carbonyl (C=O) groups excluding carboxylic acids is 1. The molecule has 0 N–H and O–H groups in total. The van der Waals surface area contributed by atoms with Gasteiger partial charge in [-0.1, -0.05) is 0 Å². The Morgan fingerprint density at radius 1 is 1.18 bits per heavy atom. The number of hydrogen-bond acceptors (Lipinski definition) is 3. The normalized spacial score (nSPS) is 19.0. The Labute approximate surface area is 126 Å². The summed E-state index contributed by atoms with van der Waals surface area (Å²) < 4.78 is 100. The summed E-state index contributed by atoms with van der Waals surface area (Å²) in [6, 6.07) is 1.51. The quantitative estimate of drug-likeness (QED) is 0.479. The van der Waals surface area contributed by atoms with E-state index in [1.54, 1.807) is 0 Å². The van der Waals surface area contributed by atoms with Gasteiger partial charge in [-0.3, -0.25) is 0 Å². The van der Waals surface area contributed by atoms with Crippen molar-refractivity contribution >= 4 is 26.6 Å². The molecule has 22 heavy (non-hydrogen) atoms. The first-order valence-electron chi connectivity index (χ1n) is 5.42. The van der Waals surface area contributed by atoms with E-state index < -0.39 is 59.5 Å². The van der Waals surface area contributed by atoms with Crippen LogP contribution in [0.1, 0.15) is 12.5 Å². The van der Waals surface area contributed by atoms with Crippen molar-refractivity contribution in [2.24, 2.45) is 0 Å². The van der Waals surface area contributed by atoms with Crippen LogP contribution in [-0.4, -0.2) is 18.3 Å². The van der Waals surface area contributed by atoms with Crippen molar-refractivity contribution in [3.63, 3.8) is 0 Å². The molecule has 2 rings (SSSR count). The average Bonchev–Trinajstić information content (AvgIpc) is 2.62. The zero-order valence-electron chi connectivity index (χ0n) is 10.5. The molecule has 1 aliphatic heterocycles. The third kappa shape index (κ3) is 2.53. The summed E-state index contributed by atoms with van der Waals surface area (Å²) >= 11 is -4.04. The second kappa shape index (κ2) is 5.22. The Balaban J connectivity index is 2.73. The van der Waals surface area contributed by atoms with Crippen molar-refractivity contribution in [1.82, 2.24) is 0 Å². The molecule has 0 unspecified atom stereocenters. The summed E-state index contributed by atoms with van der Waals surface area (Å²) in [6.07, 6.45) is -11.8. The van der Waals surface area contributed by atoms with Crippen LogP contribution >= 0.6 is 20.6 Å². The molecule has 0 saturated heterocycles. The molecule has 0 aromatic heterocycles. The van der Waals surface area contributed by atoms with E-state index in [4.69, 9.17) is 0 Å². The van der Waals surface area contributed by atoms with Crippen LogP contribution in [-0.2, 0) is 16.5 Å². The van der Waals surface area contributed by atoms with Crippen LogP contribution in [0.25, 0.3) is 0 Å². The standard InChI is InChI=1S/C11H6F7IO3/c1-5(20)21-19-8-3-2-6(12)4-7(8)9(22-19,10(13,14)15)11(16,17)18/h2-4H,1H3. The van der Waals surface area contributed by atoms with E-state index in [0.29, 0.717) is 6.07 Å². The van der Waals surface area contributed by atoms with Gasteiger partial charge in [0.2, 0.25) is 0 Å². The molecule has 0 amide bonds. The van der Waals surface area contributed by atoms with Crippen LogP contribution < -0.4 is 0 Å². The maximum atomic E-state index is 13.2.